The van der Waals surface area contributed by atoms with Crippen LogP contribution in [0.4, 0.5) is 5.69 Å². The lowest BCUT2D eigenvalue weighted by Crippen LogP contribution is -2.20. The number of hydrogen-bond donors (Lipinski definition) is 0. The zero-order chi connectivity index (χ0) is 15.8. The quantitative estimate of drug-likeness (QED) is 0.600. The van der Waals surface area contributed by atoms with Gasteiger partial charge in [-0.05, 0) is 30.2 Å². The highest BCUT2D eigenvalue weighted by molar-refractivity contribution is 5.93. The molecule has 0 saturated heterocycles. The number of hydrogen-bond acceptors (Lipinski definition) is 3. The molecule has 0 aliphatic carbocycles. The molecule has 0 aromatic heterocycles. The molecule has 0 N–H and O–H groups in total. The molecule has 0 heterocycles. The highest BCUT2D eigenvalue weighted by Gasteiger charge is 2.11. The Bertz CT molecular complexity index is 620. The molecule has 0 aliphatic rings. The molecule has 0 fully saturated rings. The van der Waals surface area contributed by atoms with Gasteiger partial charge in [0.1, 0.15) is 0 Å². The number of anilines is 1. The Labute approximate surface area is 131 Å². The molecule has 3 heteroatoms. The average Bonchev–Trinajstić information content (AvgIpc) is 2.59. The minimum absolute atomic E-state index is 0.273. The number of benzene rings is 2. The van der Waals surface area contributed by atoms with Crippen LogP contribution in [0.2, 0.25) is 0 Å². The topological polar surface area (TPSA) is 29.5 Å². The maximum Gasteiger partial charge on any atom is 0.333 e. The molecule has 22 heavy (non-hydrogen) atoms. The second-order valence-electron chi connectivity index (χ2n) is 5.08. The number of para-hydroxylation sites is 1. The molecular weight excluding hydrogens is 274 g/mol. The van der Waals surface area contributed by atoms with E-state index in [9.17, 15) is 4.79 Å². The van der Waals surface area contributed by atoms with Crippen LogP contribution in [0.1, 0.15) is 12.0 Å². The van der Waals surface area contributed by atoms with Gasteiger partial charge in [0.05, 0.1) is 7.11 Å². The number of esters is 1. The molecule has 0 saturated carbocycles. The third-order valence-corrected chi connectivity index (χ3v) is 3.50. The molecular formula is C19H21NO2. The van der Waals surface area contributed by atoms with Crippen LogP contribution < -0.4 is 4.90 Å². The summed E-state index contributed by atoms with van der Waals surface area (Å²) in [5.41, 5.74) is 2.81. The van der Waals surface area contributed by atoms with E-state index in [2.05, 4.69) is 17.0 Å². The van der Waals surface area contributed by atoms with Crippen molar-refractivity contribution in [2.45, 2.75) is 6.42 Å². The Morgan fingerprint density at radius 2 is 1.64 bits per heavy atom. The van der Waals surface area contributed by atoms with Crippen LogP contribution in [-0.4, -0.2) is 26.7 Å². The minimum Gasteiger partial charge on any atom is -0.466 e. The Hall–Kier alpha value is -2.55. The van der Waals surface area contributed by atoms with Crippen molar-refractivity contribution in [2.75, 3.05) is 25.6 Å². The second-order valence-corrected chi connectivity index (χ2v) is 5.08. The van der Waals surface area contributed by atoms with Crippen molar-refractivity contribution in [3.05, 3.63) is 71.8 Å². The molecule has 0 unspecified atom stereocenters. The van der Waals surface area contributed by atoms with Gasteiger partial charge < -0.3 is 9.64 Å². The predicted octanol–water partition coefficient (Wildman–Crippen LogP) is 3.77. The van der Waals surface area contributed by atoms with Gasteiger partial charge in [-0.3, -0.25) is 0 Å². The normalized spacial score (nSPS) is 11.1. The first-order valence-corrected chi connectivity index (χ1v) is 7.31. The van der Waals surface area contributed by atoms with E-state index in [-0.39, 0.29) is 5.97 Å². The van der Waals surface area contributed by atoms with Crippen LogP contribution in [0.15, 0.2) is 66.2 Å². The predicted molar refractivity (Wildman–Crippen MR) is 90.8 cm³/mol. The summed E-state index contributed by atoms with van der Waals surface area (Å²) in [6.07, 6.45) is 2.53. The summed E-state index contributed by atoms with van der Waals surface area (Å²) in [7, 11) is 3.44. The Kier molecular flexibility index (Phi) is 5.78. The van der Waals surface area contributed by atoms with Gasteiger partial charge in [-0.1, -0.05) is 48.5 Å². The van der Waals surface area contributed by atoms with E-state index in [1.807, 2.05) is 61.7 Å². The monoisotopic (exact) mass is 295 g/mol. The molecule has 0 atom stereocenters. The molecule has 2 aromatic rings. The van der Waals surface area contributed by atoms with Crippen LogP contribution in [0.5, 0.6) is 0 Å². The minimum atomic E-state index is -0.273. The summed E-state index contributed by atoms with van der Waals surface area (Å²) in [4.78, 5) is 14.1. The maximum absolute atomic E-state index is 12.0. The van der Waals surface area contributed by atoms with E-state index < -0.39 is 0 Å². The summed E-state index contributed by atoms with van der Waals surface area (Å²) in [6.45, 7) is 0.748. The third-order valence-electron chi connectivity index (χ3n) is 3.50. The van der Waals surface area contributed by atoms with Gasteiger partial charge in [-0.25, -0.2) is 4.79 Å². The van der Waals surface area contributed by atoms with Crippen molar-refractivity contribution < 1.29 is 9.53 Å². The zero-order valence-corrected chi connectivity index (χ0v) is 13.0. The van der Waals surface area contributed by atoms with E-state index in [4.69, 9.17) is 4.74 Å². The fraction of sp³-hybridized carbons (Fsp3) is 0.211. The molecule has 0 aliphatic heterocycles. The zero-order valence-electron chi connectivity index (χ0n) is 13.0. The standard InChI is InChI=1S/C19H21NO2/c1-20(18-11-7-4-8-12-18)14-13-17(19(21)22-2)15-16-9-5-3-6-10-16/h3-12,15H,13-14H2,1-2H3. The number of methoxy groups -OCH3 is 1. The number of carbonyl (C=O) groups is 1. The molecule has 3 nitrogen and oxygen atoms in total. The van der Waals surface area contributed by atoms with Crippen LogP contribution in [0.25, 0.3) is 6.08 Å². The largest absolute Gasteiger partial charge is 0.466 e. The third kappa shape index (κ3) is 4.48. The van der Waals surface area contributed by atoms with Gasteiger partial charge in [0, 0.05) is 24.9 Å². The summed E-state index contributed by atoms with van der Waals surface area (Å²) in [5.74, 6) is -0.273. The van der Waals surface area contributed by atoms with E-state index in [0.717, 1.165) is 17.8 Å². The summed E-state index contributed by atoms with van der Waals surface area (Å²) in [6, 6.07) is 19.9. The summed E-state index contributed by atoms with van der Waals surface area (Å²) < 4.78 is 4.90. The van der Waals surface area contributed by atoms with Gasteiger partial charge in [0.15, 0.2) is 0 Å². The van der Waals surface area contributed by atoms with Gasteiger partial charge in [-0.2, -0.15) is 0 Å². The van der Waals surface area contributed by atoms with E-state index in [1.54, 1.807) is 0 Å². The molecule has 0 bridgehead atoms. The summed E-state index contributed by atoms with van der Waals surface area (Å²) in [5, 5.41) is 0. The number of ether oxygens (including phenoxy) is 1. The number of nitrogens with zero attached hydrogens (tertiary/aromatic N) is 1. The van der Waals surface area contributed by atoms with Gasteiger partial charge in [-0.15, -0.1) is 0 Å². The van der Waals surface area contributed by atoms with Crippen molar-refractivity contribution in [3.63, 3.8) is 0 Å². The highest BCUT2D eigenvalue weighted by Crippen LogP contribution is 2.16. The fourth-order valence-electron chi connectivity index (χ4n) is 2.21. The molecule has 2 aromatic carbocycles. The van der Waals surface area contributed by atoms with Crippen molar-refractivity contribution in [2.24, 2.45) is 0 Å². The van der Waals surface area contributed by atoms with Crippen LogP contribution in [0.3, 0.4) is 0 Å². The molecule has 2 rings (SSSR count). The SMILES string of the molecule is COC(=O)C(=Cc1ccccc1)CCN(C)c1ccccc1. The average molecular weight is 295 g/mol. The smallest absolute Gasteiger partial charge is 0.333 e. The van der Waals surface area contributed by atoms with Crippen molar-refractivity contribution >= 4 is 17.7 Å². The van der Waals surface area contributed by atoms with Gasteiger partial charge >= 0.3 is 5.97 Å². The molecule has 0 radical (unpaired) electrons. The van der Waals surface area contributed by atoms with Crippen molar-refractivity contribution in [3.8, 4) is 0 Å². The van der Waals surface area contributed by atoms with Crippen LogP contribution >= 0.6 is 0 Å². The molecule has 114 valence electrons. The lowest BCUT2D eigenvalue weighted by Gasteiger charge is -2.19. The number of rotatable bonds is 6. The Morgan fingerprint density at radius 1 is 1.05 bits per heavy atom. The highest BCUT2D eigenvalue weighted by atomic mass is 16.5. The first-order chi connectivity index (χ1) is 10.7. The summed E-state index contributed by atoms with van der Waals surface area (Å²) >= 11 is 0. The first-order valence-electron chi connectivity index (χ1n) is 7.31. The Morgan fingerprint density at radius 3 is 2.23 bits per heavy atom. The lowest BCUT2D eigenvalue weighted by molar-refractivity contribution is -0.136. The molecule has 0 spiro atoms. The van der Waals surface area contributed by atoms with Gasteiger partial charge in [0.2, 0.25) is 0 Å². The van der Waals surface area contributed by atoms with Crippen LogP contribution in [-0.2, 0) is 9.53 Å². The van der Waals surface area contributed by atoms with Crippen molar-refractivity contribution in [1.82, 2.24) is 0 Å². The van der Waals surface area contributed by atoms with E-state index in [0.29, 0.717) is 12.0 Å². The first kappa shape index (κ1) is 15.8. The van der Waals surface area contributed by atoms with Crippen molar-refractivity contribution in [1.29, 1.82) is 0 Å². The van der Waals surface area contributed by atoms with E-state index >= 15 is 0 Å². The fourth-order valence-corrected chi connectivity index (χ4v) is 2.21. The molecule has 0 amide bonds. The maximum atomic E-state index is 12.0. The lowest BCUT2D eigenvalue weighted by atomic mass is 10.1. The number of carbonyl (C=O) groups excluding carboxylic acids is 1. The Balaban J connectivity index is 2.08. The second kappa shape index (κ2) is 8.03. The van der Waals surface area contributed by atoms with Gasteiger partial charge in [0.25, 0.3) is 0 Å². The van der Waals surface area contributed by atoms with Crippen LogP contribution in [0, 0.1) is 0 Å². The van der Waals surface area contributed by atoms with E-state index in [1.165, 1.54) is 7.11 Å².